The van der Waals surface area contributed by atoms with Gasteiger partial charge >= 0.3 is 0 Å². The van der Waals surface area contributed by atoms with Gasteiger partial charge in [-0.3, -0.25) is 0 Å². The zero-order valence-corrected chi connectivity index (χ0v) is 14.6. The summed E-state index contributed by atoms with van der Waals surface area (Å²) in [6, 6.07) is 6.82. The predicted molar refractivity (Wildman–Crippen MR) is 95.1 cm³/mol. The van der Waals surface area contributed by atoms with E-state index >= 15 is 0 Å². The minimum atomic E-state index is -1.33. The van der Waals surface area contributed by atoms with Gasteiger partial charge in [-0.05, 0) is 17.7 Å². The average Bonchev–Trinajstić information content (AvgIpc) is 3.23. The van der Waals surface area contributed by atoms with Crippen molar-refractivity contribution in [2.24, 2.45) is 0 Å². The lowest BCUT2D eigenvalue weighted by Gasteiger charge is -2.16. The normalized spacial score (nSPS) is 24.5. The zero-order chi connectivity index (χ0) is 19.7. The van der Waals surface area contributed by atoms with E-state index in [0.717, 1.165) is 5.56 Å². The number of benzene rings is 1. The highest BCUT2D eigenvalue weighted by molar-refractivity contribution is 5.82. The standard InChI is InChI=1S/C17H19N5O6/c23-6-11-13(25)14(26)17(27-11)28-22-8-21-12-15(19-7-20-16(12)22)18-5-9-2-1-3-10(24)4-9/h1-4,7-8,11,13-14,17,23-26H,5-6H2,(H,18,19,20)/t11-,13-,14-,17+/m1/s1. The Hall–Kier alpha value is -2.99. The number of hydrogen-bond acceptors (Lipinski definition) is 10. The second-order valence-corrected chi connectivity index (χ2v) is 6.30. The van der Waals surface area contributed by atoms with Crippen molar-refractivity contribution in [3.05, 3.63) is 42.5 Å². The molecule has 3 aromatic rings. The Morgan fingerprint density at radius 1 is 1.18 bits per heavy atom. The van der Waals surface area contributed by atoms with Crippen molar-refractivity contribution >= 4 is 17.0 Å². The second-order valence-electron chi connectivity index (χ2n) is 6.30. The molecule has 0 amide bonds. The lowest BCUT2D eigenvalue weighted by atomic mass is 10.1. The molecule has 5 N–H and O–H groups in total. The summed E-state index contributed by atoms with van der Waals surface area (Å²) in [7, 11) is 0. The third kappa shape index (κ3) is 3.43. The lowest BCUT2D eigenvalue weighted by molar-refractivity contribution is -0.169. The summed E-state index contributed by atoms with van der Waals surface area (Å²) in [6.07, 6.45) is -2.06. The van der Waals surface area contributed by atoms with E-state index in [-0.39, 0.29) is 5.75 Å². The second kappa shape index (κ2) is 7.56. The fourth-order valence-electron chi connectivity index (χ4n) is 2.94. The van der Waals surface area contributed by atoms with E-state index in [2.05, 4.69) is 20.3 Å². The monoisotopic (exact) mass is 389 g/mol. The van der Waals surface area contributed by atoms with Gasteiger partial charge in [0.2, 0.25) is 5.65 Å². The minimum Gasteiger partial charge on any atom is -0.508 e. The number of aliphatic hydroxyl groups excluding tert-OH is 3. The minimum absolute atomic E-state index is 0.170. The van der Waals surface area contributed by atoms with Crippen molar-refractivity contribution in [2.45, 2.75) is 31.1 Å². The predicted octanol–water partition coefficient (Wildman–Crippen LogP) is -0.988. The number of aliphatic hydroxyl groups is 3. The maximum absolute atomic E-state index is 10.0. The molecule has 11 heteroatoms. The van der Waals surface area contributed by atoms with Crippen molar-refractivity contribution in [3.8, 4) is 5.75 Å². The molecule has 4 atom stereocenters. The maximum atomic E-state index is 10.0. The number of ether oxygens (including phenoxy) is 1. The molecule has 1 aliphatic heterocycles. The lowest BCUT2D eigenvalue weighted by Crippen LogP contribution is -2.38. The fraction of sp³-hybridized carbons (Fsp3) is 0.353. The van der Waals surface area contributed by atoms with E-state index in [9.17, 15) is 15.3 Å². The van der Waals surface area contributed by atoms with Crippen LogP contribution in [0.3, 0.4) is 0 Å². The molecule has 0 saturated carbocycles. The number of anilines is 1. The van der Waals surface area contributed by atoms with Gasteiger partial charge in [-0.1, -0.05) is 12.1 Å². The first-order chi connectivity index (χ1) is 13.6. The average molecular weight is 389 g/mol. The van der Waals surface area contributed by atoms with E-state index in [4.69, 9.17) is 14.7 Å². The number of nitrogens with one attached hydrogen (secondary N) is 1. The molecule has 4 rings (SSSR count). The van der Waals surface area contributed by atoms with Gasteiger partial charge < -0.3 is 35.3 Å². The van der Waals surface area contributed by atoms with Gasteiger partial charge in [0.1, 0.15) is 36.7 Å². The van der Waals surface area contributed by atoms with E-state index in [1.807, 2.05) is 6.07 Å². The van der Waals surface area contributed by atoms with Crippen molar-refractivity contribution in [3.63, 3.8) is 0 Å². The highest BCUT2D eigenvalue weighted by atomic mass is 16.8. The smallest absolute Gasteiger partial charge is 0.254 e. The summed E-state index contributed by atoms with van der Waals surface area (Å²) in [6.45, 7) is -0.0445. The van der Waals surface area contributed by atoms with Crippen molar-refractivity contribution in [2.75, 3.05) is 11.9 Å². The fourth-order valence-corrected chi connectivity index (χ4v) is 2.94. The van der Waals surface area contributed by atoms with Crippen molar-refractivity contribution in [1.29, 1.82) is 0 Å². The largest absolute Gasteiger partial charge is 0.508 e. The first kappa shape index (κ1) is 18.4. The van der Waals surface area contributed by atoms with Crippen LogP contribution < -0.4 is 10.2 Å². The number of aromatic hydroxyl groups is 1. The Morgan fingerprint density at radius 2 is 2.04 bits per heavy atom. The molecule has 1 aliphatic rings. The zero-order valence-electron chi connectivity index (χ0n) is 14.6. The molecule has 2 aromatic heterocycles. The van der Waals surface area contributed by atoms with Crippen molar-refractivity contribution in [1.82, 2.24) is 19.7 Å². The van der Waals surface area contributed by atoms with Crippen LogP contribution in [0.4, 0.5) is 5.82 Å². The van der Waals surface area contributed by atoms with Crippen LogP contribution in [0, 0.1) is 0 Å². The van der Waals surface area contributed by atoms with Crippen LogP contribution >= 0.6 is 0 Å². The van der Waals surface area contributed by atoms with E-state index in [0.29, 0.717) is 23.5 Å². The molecule has 28 heavy (non-hydrogen) atoms. The van der Waals surface area contributed by atoms with Gasteiger partial charge in [-0.25, -0.2) is 15.0 Å². The summed E-state index contributed by atoms with van der Waals surface area (Å²) in [5, 5.41) is 41.7. The number of rotatable bonds is 6. The highest BCUT2D eigenvalue weighted by Crippen LogP contribution is 2.23. The Kier molecular flexibility index (Phi) is 4.96. The van der Waals surface area contributed by atoms with E-state index in [1.165, 1.54) is 17.4 Å². The van der Waals surface area contributed by atoms with Gasteiger partial charge in [0.25, 0.3) is 6.29 Å². The molecule has 3 heterocycles. The third-order valence-corrected chi connectivity index (χ3v) is 4.39. The third-order valence-electron chi connectivity index (χ3n) is 4.39. The Labute approximate surface area is 158 Å². The molecular weight excluding hydrogens is 370 g/mol. The van der Waals surface area contributed by atoms with Gasteiger partial charge in [-0.15, -0.1) is 4.73 Å². The number of fused-ring (bicyclic) bond motifs is 1. The van der Waals surface area contributed by atoms with Gasteiger partial charge in [0.15, 0.2) is 11.3 Å². The molecule has 0 unspecified atom stereocenters. The molecule has 1 fully saturated rings. The number of phenolic OH excluding ortho intramolecular Hbond substituents is 1. The molecule has 1 aromatic carbocycles. The van der Waals surface area contributed by atoms with Crippen LogP contribution in [0.25, 0.3) is 11.2 Å². The van der Waals surface area contributed by atoms with E-state index in [1.54, 1.807) is 18.2 Å². The Morgan fingerprint density at radius 3 is 2.79 bits per heavy atom. The first-order valence-electron chi connectivity index (χ1n) is 8.56. The molecular formula is C17H19N5O6. The topological polar surface area (TPSA) is 155 Å². The summed E-state index contributed by atoms with van der Waals surface area (Å²) in [5.74, 6) is 0.625. The molecule has 1 saturated heterocycles. The summed E-state index contributed by atoms with van der Waals surface area (Å²) in [5.41, 5.74) is 1.61. The molecule has 11 nitrogen and oxygen atoms in total. The van der Waals surface area contributed by atoms with Crippen LogP contribution in [-0.2, 0) is 11.3 Å². The quantitative estimate of drug-likeness (QED) is 0.355. The number of imidazole rings is 1. The van der Waals surface area contributed by atoms with Gasteiger partial charge in [0, 0.05) is 6.54 Å². The molecule has 0 aliphatic carbocycles. The maximum Gasteiger partial charge on any atom is 0.254 e. The summed E-state index contributed by atoms with van der Waals surface area (Å²) in [4.78, 5) is 18.1. The number of aromatic nitrogens is 4. The van der Waals surface area contributed by atoms with Crippen LogP contribution in [0.2, 0.25) is 0 Å². The van der Waals surface area contributed by atoms with Crippen LogP contribution in [0.5, 0.6) is 5.75 Å². The van der Waals surface area contributed by atoms with Gasteiger partial charge in [0.05, 0.1) is 6.61 Å². The molecule has 0 spiro atoms. The van der Waals surface area contributed by atoms with E-state index < -0.39 is 31.2 Å². The first-order valence-corrected chi connectivity index (χ1v) is 8.56. The Bertz CT molecular complexity index is 966. The molecule has 0 bridgehead atoms. The molecule has 0 radical (unpaired) electrons. The van der Waals surface area contributed by atoms with Crippen molar-refractivity contribution < 1.29 is 30.0 Å². The number of nitrogens with zero attached hydrogens (tertiary/aromatic N) is 4. The van der Waals surface area contributed by atoms with Gasteiger partial charge in [-0.2, -0.15) is 0 Å². The van der Waals surface area contributed by atoms with Crippen LogP contribution in [0.1, 0.15) is 5.56 Å². The Balaban J connectivity index is 1.52. The number of hydrogen-bond donors (Lipinski definition) is 5. The molecule has 148 valence electrons. The number of phenols is 1. The summed E-state index contributed by atoms with van der Waals surface area (Å²) >= 11 is 0. The summed E-state index contributed by atoms with van der Waals surface area (Å²) < 4.78 is 6.51. The highest BCUT2D eigenvalue weighted by Gasteiger charge is 2.44. The van der Waals surface area contributed by atoms with Crippen LogP contribution in [-0.4, -0.2) is 71.3 Å². The van der Waals surface area contributed by atoms with Crippen LogP contribution in [0.15, 0.2) is 36.9 Å². The SMILES string of the molecule is OC[C@H]1O[C@@H](On2cnc3c(NCc4cccc(O)c4)ncnc32)[C@H](O)[C@@H]1O.